The van der Waals surface area contributed by atoms with Gasteiger partial charge in [-0.3, -0.25) is 14.5 Å². The number of likely N-dealkylation sites (tertiary alicyclic amines) is 1. The zero-order chi connectivity index (χ0) is 36.1. The number of carbonyl (C=O) groups is 2. The van der Waals surface area contributed by atoms with Gasteiger partial charge in [0.1, 0.15) is 23.2 Å². The molecule has 0 aliphatic carbocycles. The molecule has 0 unspecified atom stereocenters. The largest absolute Gasteiger partial charge is 0.480 e. The fourth-order valence-corrected chi connectivity index (χ4v) is 6.98. The minimum absolute atomic E-state index is 0.0205. The van der Waals surface area contributed by atoms with E-state index in [1.165, 1.54) is 61.6 Å². The zero-order valence-corrected chi connectivity index (χ0v) is 27.1. The van der Waals surface area contributed by atoms with E-state index in [0.717, 1.165) is 16.7 Å². The molecule has 5 aromatic rings. The molecule has 3 atom stereocenters. The van der Waals surface area contributed by atoms with Crippen LogP contribution in [0.25, 0.3) is 32.8 Å². The van der Waals surface area contributed by atoms with E-state index >= 15 is 8.78 Å². The Morgan fingerprint density at radius 1 is 0.960 bits per heavy atom. The lowest BCUT2D eigenvalue weighted by Crippen LogP contribution is -2.43. The Bertz CT molecular complexity index is 2190. The summed E-state index contributed by atoms with van der Waals surface area (Å²) in [4.78, 5) is 41.0. The molecule has 1 amide bonds. The number of benzene rings is 4. The summed E-state index contributed by atoms with van der Waals surface area (Å²) in [6.45, 7) is 0.547. The van der Waals surface area contributed by atoms with E-state index in [2.05, 4.69) is 5.32 Å². The van der Waals surface area contributed by atoms with Crippen LogP contribution in [0.15, 0.2) is 77.6 Å². The highest BCUT2D eigenvalue weighted by Crippen LogP contribution is 2.42. The number of carbonyl (C=O) groups excluding carboxylic acids is 1. The van der Waals surface area contributed by atoms with E-state index in [9.17, 15) is 32.7 Å². The van der Waals surface area contributed by atoms with Gasteiger partial charge in [-0.15, -0.1) is 0 Å². The van der Waals surface area contributed by atoms with Crippen LogP contribution < -0.4 is 10.9 Å². The van der Waals surface area contributed by atoms with Gasteiger partial charge < -0.3 is 19.7 Å². The van der Waals surface area contributed by atoms with Crippen molar-refractivity contribution in [1.29, 1.82) is 0 Å². The first-order chi connectivity index (χ1) is 23.7. The molecular formula is C37H32F5N3O5. The van der Waals surface area contributed by atoms with E-state index in [4.69, 9.17) is 4.74 Å². The van der Waals surface area contributed by atoms with E-state index in [1.54, 1.807) is 20.2 Å². The number of hydrogen-bond donors (Lipinski definition) is 2. The van der Waals surface area contributed by atoms with Crippen molar-refractivity contribution in [1.82, 2.24) is 14.8 Å². The molecule has 0 saturated carbocycles. The van der Waals surface area contributed by atoms with Gasteiger partial charge in [-0.2, -0.15) is 13.2 Å². The molecule has 2 heterocycles. The number of ether oxygens (including phenoxy) is 1. The summed E-state index contributed by atoms with van der Waals surface area (Å²) < 4.78 is 81.1. The third-order valence-corrected chi connectivity index (χ3v) is 9.42. The monoisotopic (exact) mass is 693 g/mol. The normalized spacial score (nSPS) is 17.4. The lowest BCUT2D eigenvalue weighted by Gasteiger charge is -2.21. The van der Waals surface area contributed by atoms with E-state index in [1.807, 2.05) is 4.90 Å². The number of pyridine rings is 1. The van der Waals surface area contributed by atoms with Gasteiger partial charge in [0.15, 0.2) is 0 Å². The fourth-order valence-electron chi connectivity index (χ4n) is 6.98. The van der Waals surface area contributed by atoms with Crippen LogP contribution in [-0.2, 0) is 29.2 Å². The van der Waals surface area contributed by atoms with Crippen molar-refractivity contribution in [3.8, 4) is 11.1 Å². The number of hydrogen-bond acceptors (Lipinski definition) is 5. The molecule has 4 aromatic carbocycles. The maximum absolute atomic E-state index is 15.3. The van der Waals surface area contributed by atoms with Crippen molar-refractivity contribution in [2.75, 3.05) is 20.7 Å². The molecular weight excluding hydrogens is 661 g/mol. The van der Waals surface area contributed by atoms with Crippen LogP contribution in [-0.4, -0.2) is 59.3 Å². The molecule has 13 heteroatoms. The predicted octanol–water partition coefficient (Wildman–Crippen LogP) is 6.47. The van der Waals surface area contributed by atoms with Crippen molar-refractivity contribution in [3.63, 3.8) is 0 Å². The molecule has 1 saturated heterocycles. The molecule has 0 radical (unpaired) electrons. The van der Waals surface area contributed by atoms with Crippen LogP contribution in [0.2, 0.25) is 0 Å². The summed E-state index contributed by atoms with van der Waals surface area (Å²) in [5, 5.41) is 12.6. The number of amides is 1. The van der Waals surface area contributed by atoms with Gasteiger partial charge in [-0.05, 0) is 59.1 Å². The zero-order valence-electron chi connectivity index (χ0n) is 27.1. The first-order valence-electron chi connectivity index (χ1n) is 15.7. The number of aromatic nitrogens is 1. The predicted molar refractivity (Wildman–Crippen MR) is 177 cm³/mol. The number of carboxylic acids is 1. The average molecular weight is 694 g/mol. The van der Waals surface area contributed by atoms with Crippen molar-refractivity contribution in [2.24, 2.45) is 7.05 Å². The minimum Gasteiger partial charge on any atom is -0.480 e. The van der Waals surface area contributed by atoms with Gasteiger partial charge in [0.05, 0.1) is 22.7 Å². The molecule has 2 N–H and O–H groups in total. The van der Waals surface area contributed by atoms with Crippen LogP contribution in [0.1, 0.15) is 39.5 Å². The number of fused-ring (bicyclic) bond motifs is 2. The molecule has 1 aliphatic heterocycles. The Morgan fingerprint density at radius 3 is 2.24 bits per heavy atom. The Kier molecular flexibility index (Phi) is 9.23. The number of alkyl halides is 3. The summed E-state index contributed by atoms with van der Waals surface area (Å²) in [5.74, 6) is -5.12. The molecule has 260 valence electrons. The quantitative estimate of drug-likeness (QED) is 0.181. The van der Waals surface area contributed by atoms with Crippen molar-refractivity contribution >= 4 is 33.6 Å². The SMILES string of the molecule is CO[C@H]1C[C@@H](c2cc(F)c(C(=O)N[C@@H](Cc3cccc4c(-c5c(C(F)(F)F)c6ccccc6n(C)c5=O)cccc34)C(=O)O)c(F)c2)N(C)C1. The lowest BCUT2D eigenvalue weighted by molar-refractivity contribution is -0.139. The van der Waals surface area contributed by atoms with E-state index in [-0.39, 0.29) is 34.0 Å². The number of aliphatic carboxylic acids is 1. The highest BCUT2D eigenvalue weighted by Gasteiger charge is 2.39. The summed E-state index contributed by atoms with van der Waals surface area (Å²) in [6, 6.07) is 14.7. The van der Waals surface area contributed by atoms with Crippen LogP contribution in [0, 0.1) is 11.6 Å². The maximum atomic E-state index is 15.3. The molecule has 0 spiro atoms. The maximum Gasteiger partial charge on any atom is 0.417 e. The first kappa shape index (κ1) is 34.7. The molecule has 1 aromatic heterocycles. The Morgan fingerprint density at radius 2 is 1.60 bits per heavy atom. The highest BCUT2D eigenvalue weighted by molar-refractivity contribution is 6.02. The van der Waals surface area contributed by atoms with Gasteiger partial charge >= 0.3 is 12.1 Å². The van der Waals surface area contributed by atoms with Crippen LogP contribution in [0.5, 0.6) is 0 Å². The number of rotatable bonds is 8. The first-order valence-corrected chi connectivity index (χ1v) is 15.7. The Labute approximate surface area is 282 Å². The summed E-state index contributed by atoms with van der Waals surface area (Å²) in [7, 11) is 4.71. The third-order valence-electron chi connectivity index (χ3n) is 9.42. The number of likely N-dealkylation sites (N-methyl/N-ethyl adjacent to an activating group) is 1. The topological polar surface area (TPSA) is 101 Å². The van der Waals surface area contributed by atoms with E-state index < -0.39 is 64.4 Å². The van der Waals surface area contributed by atoms with Crippen molar-refractivity contribution in [3.05, 3.63) is 117 Å². The summed E-state index contributed by atoms with van der Waals surface area (Å²) >= 11 is 0. The third kappa shape index (κ3) is 6.22. The average Bonchev–Trinajstić information content (AvgIpc) is 3.45. The smallest absolute Gasteiger partial charge is 0.417 e. The van der Waals surface area contributed by atoms with Crippen LogP contribution in [0.4, 0.5) is 22.0 Å². The minimum atomic E-state index is -4.90. The van der Waals surface area contributed by atoms with Gasteiger partial charge in [-0.25, -0.2) is 13.6 Å². The van der Waals surface area contributed by atoms with Gasteiger partial charge in [0.25, 0.3) is 11.5 Å². The Balaban J connectivity index is 1.36. The molecule has 0 bridgehead atoms. The molecule has 50 heavy (non-hydrogen) atoms. The number of nitrogens with one attached hydrogen (secondary N) is 1. The number of halogens is 5. The number of nitrogens with zero attached hydrogens (tertiary/aromatic N) is 2. The Hall–Kier alpha value is -5.14. The van der Waals surface area contributed by atoms with E-state index in [0.29, 0.717) is 29.5 Å². The summed E-state index contributed by atoms with van der Waals surface area (Å²) in [6.07, 6.45) is -4.94. The van der Waals surface area contributed by atoms with Crippen LogP contribution in [0.3, 0.4) is 0 Å². The molecule has 6 rings (SSSR count). The van der Waals surface area contributed by atoms with Crippen molar-refractivity contribution < 1.29 is 41.4 Å². The van der Waals surface area contributed by atoms with Gasteiger partial charge in [0.2, 0.25) is 0 Å². The number of para-hydroxylation sites is 1. The fraction of sp³-hybridized carbons (Fsp3) is 0.270. The number of carboxylic acid groups (broad SMARTS) is 1. The molecule has 1 fully saturated rings. The second kappa shape index (κ2) is 13.3. The second-order valence-electron chi connectivity index (χ2n) is 12.4. The van der Waals surface area contributed by atoms with Gasteiger partial charge in [0, 0.05) is 38.6 Å². The number of methoxy groups -OCH3 is 1. The van der Waals surface area contributed by atoms with Crippen LogP contribution >= 0.6 is 0 Å². The standard InChI is InChI=1S/C37H32F5N3O5/c1-44-18-21(50-3)17-30(44)20-14-26(38)32(27(39)15-20)34(46)43-28(36(48)49)16-19-8-6-11-23-22(19)10-7-12-24(23)31-33(37(40,41)42)25-9-4-5-13-29(25)45(2)35(31)47/h4-15,21,28,30H,16-18H2,1-3H3,(H,43,46)(H,48,49)/t21-,28-,30-/m0/s1. The number of aryl methyl sites for hydroxylation is 1. The second-order valence-corrected chi connectivity index (χ2v) is 12.4. The van der Waals surface area contributed by atoms with Gasteiger partial charge in [-0.1, -0.05) is 54.6 Å². The van der Waals surface area contributed by atoms with Crippen molar-refractivity contribution in [2.45, 2.75) is 37.2 Å². The molecule has 1 aliphatic rings. The highest BCUT2D eigenvalue weighted by atomic mass is 19.4. The summed E-state index contributed by atoms with van der Waals surface area (Å²) in [5.41, 5.74) is -2.81. The molecule has 8 nitrogen and oxygen atoms in total. The lowest BCUT2D eigenvalue weighted by atomic mass is 9.90.